The summed E-state index contributed by atoms with van der Waals surface area (Å²) in [5.41, 5.74) is 24.2. The van der Waals surface area contributed by atoms with Crippen molar-refractivity contribution in [1.82, 2.24) is 5.32 Å². The Morgan fingerprint density at radius 1 is 1.07 bits per heavy atom. The summed E-state index contributed by atoms with van der Waals surface area (Å²) in [4.78, 5) is 0. The number of hydrogen-bond donors (Lipinski definition) is 5. The first-order chi connectivity index (χ1) is 7.08. The molecule has 0 aromatic heterocycles. The molecule has 0 saturated heterocycles. The number of hydrogen-bond acceptors (Lipinski definition) is 5. The molecule has 0 aromatic rings. The van der Waals surface area contributed by atoms with Crippen LogP contribution in [0.5, 0.6) is 0 Å². The monoisotopic (exact) mass is 207 g/mol. The van der Waals surface area contributed by atoms with E-state index >= 15 is 0 Å². The van der Waals surface area contributed by atoms with Gasteiger partial charge in [0.2, 0.25) is 0 Å². The van der Waals surface area contributed by atoms with E-state index in [1.54, 1.807) is 0 Å². The van der Waals surface area contributed by atoms with E-state index in [1.807, 2.05) is 18.2 Å². The van der Waals surface area contributed by atoms with Gasteiger partial charge in [0.25, 0.3) is 0 Å². The second-order valence-corrected chi connectivity index (χ2v) is 3.95. The van der Waals surface area contributed by atoms with Crippen molar-refractivity contribution in [2.24, 2.45) is 28.9 Å². The molecule has 1 aliphatic heterocycles. The van der Waals surface area contributed by atoms with Gasteiger partial charge in [-0.05, 0) is 5.57 Å². The van der Waals surface area contributed by atoms with Crippen molar-refractivity contribution in [2.75, 3.05) is 0 Å². The molecule has 1 heterocycles. The molecule has 0 aromatic carbocycles. The summed E-state index contributed by atoms with van der Waals surface area (Å²) < 4.78 is 0. The molecule has 0 fully saturated rings. The first kappa shape index (κ1) is 10.4. The lowest BCUT2D eigenvalue weighted by molar-refractivity contribution is 0.603. The van der Waals surface area contributed by atoms with Crippen molar-refractivity contribution in [3.8, 4) is 0 Å². The van der Waals surface area contributed by atoms with Crippen molar-refractivity contribution in [3.05, 3.63) is 35.6 Å². The van der Waals surface area contributed by atoms with Gasteiger partial charge in [-0.25, -0.2) is 0 Å². The molecule has 0 radical (unpaired) electrons. The van der Waals surface area contributed by atoms with Crippen LogP contribution in [-0.2, 0) is 0 Å². The van der Waals surface area contributed by atoms with E-state index in [4.69, 9.17) is 22.9 Å². The molecule has 2 atom stereocenters. The summed E-state index contributed by atoms with van der Waals surface area (Å²) in [7, 11) is 0. The van der Waals surface area contributed by atoms with Crippen LogP contribution in [0.15, 0.2) is 35.6 Å². The van der Waals surface area contributed by atoms with Crippen LogP contribution in [0.25, 0.3) is 0 Å². The summed E-state index contributed by atoms with van der Waals surface area (Å²) in [6.07, 6.45) is 7.21. The lowest BCUT2D eigenvalue weighted by atomic mass is 9.93. The van der Waals surface area contributed by atoms with Gasteiger partial charge in [-0.3, -0.25) is 0 Å². The average molecular weight is 207 g/mol. The molecular weight excluding hydrogens is 190 g/mol. The Hall–Kier alpha value is -1.14. The minimum absolute atomic E-state index is 0.184. The van der Waals surface area contributed by atoms with Gasteiger partial charge in [-0.15, -0.1) is 0 Å². The number of nitrogens with one attached hydrogen (secondary N) is 1. The molecule has 2 aliphatic rings. The summed E-state index contributed by atoms with van der Waals surface area (Å²) in [5, 5.41) is 3.25. The quantitative estimate of drug-likeness (QED) is 0.351. The zero-order valence-electron chi connectivity index (χ0n) is 8.43. The van der Waals surface area contributed by atoms with Crippen LogP contribution in [0.4, 0.5) is 0 Å². The molecule has 1 aliphatic carbocycles. The predicted molar refractivity (Wildman–Crippen MR) is 60.0 cm³/mol. The first-order valence-corrected chi connectivity index (χ1v) is 4.98. The zero-order valence-corrected chi connectivity index (χ0v) is 8.43. The maximum Gasteiger partial charge on any atom is 0.0931 e. The normalized spacial score (nSPS) is 28.9. The Morgan fingerprint density at radius 3 is 2.40 bits per heavy atom. The standard InChI is InChI=1S/C10H17N5/c11-9(12)6-2-1-5-3-8(10(13)14)15-7(5)4-6/h1-5,7,9-10,15H,11-14H2. The summed E-state index contributed by atoms with van der Waals surface area (Å²) in [6, 6.07) is 0.184. The molecular formula is C10H17N5. The van der Waals surface area contributed by atoms with Gasteiger partial charge < -0.3 is 28.3 Å². The van der Waals surface area contributed by atoms with Crippen LogP contribution >= 0.6 is 0 Å². The third kappa shape index (κ3) is 1.95. The molecule has 9 N–H and O–H groups in total. The first-order valence-electron chi connectivity index (χ1n) is 4.98. The van der Waals surface area contributed by atoms with Gasteiger partial charge in [0.05, 0.1) is 18.4 Å². The lowest BCUT2D eigenvalue weighted by Crippen LogP contribution is -2.41. The smallest absolute Gasteiger partial charge is 0.0931 e. The van der Waals surface area contributed by atoms with Gasteiger partial charge in [-0.2, -0.15) is 0 Å². The summed E-state index contributed by atoms with van der Waals surface area (Å²) in [5.74, 6) is 0.303. The maximum absolute atomic E-state index is 5.61. The minimum atomic E-state index is -0.451. The van der Waals surface area contributed by atoms with Crippen molar-refractivity contribution in [2.45, 2.75) is 18.4 Å². The minimum Gasteiger partial charge on any atom is -0.379 e. The second-order valence-electron chi connectivity index (χ2n) is 3.95. The van der Waals surface area contributed by atoms with Crippen LogP contribution in [0.2, 0.25) is 0 Å². The van der Waals surface area contributed by atoms with Crippen LogP contribution in [-0.4, -0.2) is 18.4 Å². The molecule has 0 spiro atoms. The fourth-order valence-electron chi connectivity index (χ4n) is 1.89. The molecule has 5 heteroatoms. The summed E-state index contributed by atoms with van der Waals surface area (Å²) in [6.45, 7) is 0. The van der Waals surface area contributed by atoms with Crippen LogP contribution in [0.3, 0.4) is 0 Å². The Balaban J connectivity index is 2.14. The number of fused-ring (bicyclic) bond motifs is 1. The molecule has 15 heavy (non-hydrogen) atoms. The van der Waals surface area contributed by atoms with Gasteiger partial charge in [0.1, 0.15) is 0 Å². The molecule has 2 unspecified atom stereocenters. The highest BCUT2D eigenvalue weighted by molar-refractivity contribution is 5.37. The number of rotatable bonds is 2. The molecule has 0 saturated carbocycles. The van der Waals surface area contributed by atoms with Crippen molar-refractivity contribution >= 4 is 0 Å². The molecule has 5 nitrogen and oxygen atoms in total. The average Bonchev–Trinajstić information content (AvgIpc) is 2.59. The maximum atomic E-state index is 5.61. The van der Waals surface area contributed by atoms with Crippen LogP contribution < -0.4 is 28.3 Å². The van der Waals surface area contributed by atoms with Crippen LogP contribution in [0.1, 0.15) is 0 Å². The lowest BCUT2D eigenvalue weighted by Gasteiger charge is -2.21. The topological polar surface area (TPSA) is 116 Å². The van der Waals surface area contributed by atoms with Gasteiger partial charge in [-0.1, -0.05) is 24.3 Å². The van der Waals surface area contributed by atoms with E-state index in [1.165, 1.54) is 0 Å². The fourth-order valence-corrected chi connectivity index (χ4v) is 1.89. The highest BCUT2D eigenvalue weighted by atomic mass is 15.0. The Kier molecular flexibility index (Phi) is 2.62. The van der Waals surface area contributed by atoms with Crippen molar-refractivity contribution in [1.29, 1.82) is 0 Å². The third-order valence-electron chi connectivity index (χ3n) is 2.75. The zero-order chi connectivity index (χ0) is 11.0. The Labute approximate surface area is 88.9 Å². The van der Waals surface area contributed by atoms with E-state index in [-0.39, 0.29) is 6.04 Å². The Bertz CT molecular complexity index is 340. The summed E-state index contributed by atoms with van der Waals surface area (Å²) >= 11 is 0. The molecule has 0 bridgehead atoms. The molecule has 2 rings (SSSR count). The van der Waals surface area contributed by atoms with Gasteiger partial charge >= 0.3 is 0 Å². The van der Waals surface area contributed by atoms with Gasteiger partial charge in [0.15, 0.2) is 0 Å². The SMILES string of the molecule is NC(N)C1=CC2NC(C(N)N)=CC2C=C1. The highest BCUT2D eigenvalue weighted by Gasteiger charge is 2.27. The van der Waals surface area contributed by atoms with Crippen LogP contribution in [0, 0.1) is 5.92 Å². The van der Waals surface area contributed by atoms with Crippen molar-refractivity contribution < 1.29 is 0 Å². The second kappa shape index (κ2) is 3.79. The fraction of sp³-hybridized carbons (Fsp3) is 0.400. The van der Waals surface area contributed by atoms with Crippen molar-refractivity contribution in [3.63, 3.8) is 0 Å². The number of nitrogens with two attached hydrogens (primary N) is 4. The van der Waals surface area contributed by atoms with E-state index in [0.29, 0.717) is 5.92 Å². The highest BCUT2D eigenvalue weighted by Crippen LogP contribution is 2.25. The third-order valence-corrected chi connectivity index (χ3v) is 2.75. The largest absolute Gasteiger partial charge is 0.379 e. The van der Waals surface area contributed by atoms with Gasteiger partial charge in [0, 0.05) is 11.6 Å². The molecule has 82 valence electrons. The molecule has 0 amide bonds. The Morgan fingerprint density at radius 2 is 1.80 bits per heavy atom. The van der Waals surface area contributed by atoms with E-state index < -0.39 is 12.3 Å². The van der Waals surface area contributed by atoms with E-state index in [2.05, 4.69) is 11.4 Å². The van der Waals surface area contributed by atoms with E-state index in [9.17, 15) is 0 Å². The van der Waals surface area contributed by atoms with E-state index in [0.717, 1.165) is 11.3 Å². The predicted octanol–water partition coefficient (Wildman–Crippen LogP) is -1.56.